The number of sulfonamides is 1. The van der Waals surface area contributed by atoms with Gasteiger partial charge in [-0.3, -0.25) is 9.59 Å². The Kier molecular flexibility index (Phi) is 11.6. The zero-order valence-electron chi connectivity index (χ0n) is 32.8. The van der Waals surface area contributed by atoms with Gasteiger partial charge in [-0.25, -0.2) is 17.9 Å². The van der Waals surface area contributed by atoms with Gasteiger partial charge in [-0.2, -0.15) is 0 Å². The highest BCUT2D eigenvalue weighted by Crippen LogP contribution is 2.50. The molecule has 59 heavy (non-hydrogen) atoms. The molecule has 2 N–H and O–H groups in total. The molecule has 5 aromatic carbocycles. The second kappa shape index (κ2) is 17.2. The van der Waals surface area contributed by atoms with Gasteiger partial charge in [-0.1, -0.05) is 97.1 Å². The van der Waals surface area contributed by atoms with Crippen molar-refractivity contribution in [2.45, 2.75) is 48.0 Å². The van der Waals surface area contributed by atoms with E-state index in [2.05, 4.69) is 22.2 Å². The lowest BCUT2D eigenvalue weighted by molar-refractivity contribution is -0.127. The van der Waals surface area contributed by atoms with E-state index in [0.29, 0.717) is 24.9 Å². The van der Waals surface area contributed by atoms with E-state index in [4.69, 9.17) is 14.2 Å². The molecule has 1 saturated heterocycles. The summed E-state index contributed by atoms with van der Waals surface area (Å²) in [5, 5.41) is 3.26. The molecule has 304 valence electrons. The summed E-state index contributed by atoms with van der Waals surface area (Å²) in [5.41, 5.74) is 5.96. The Hall–Kier alpha value is -5.82. The highest BCUT2D eigenvalue weighted by atomic mass is 32.2. The van der Waals surface area contributed by atoms with Gasteiger partial charge in [0.15, 0.2) is 0 Å². The van der Waals surface area contributed by atoms with Crippen molar-refractivity contribution in [2.75, 3.05) is 40.0 Å². The summed E-state index contributed by atoms with van der Waals surface area (Å²) < 4.78 is 47.9. The van der Waals surface area contributed by atoms with Gasteiger partial charge in [0, 0.05) is 67.4 Å². The van der Waals surface area contributed by atoms with Gasteiger partial charge in [0.1, 0.15) is 24.4 Å². The second-order valence-electron chi connectivity index (χ2n) is 15.5. The molecule has 11 nitrogen and oxygen atoms in total. The van der Waals surface area contributed by atoms with E-state index < -0.39 is 33.5 Å². The Balaban J connectivity index is 1.05. The highest BCUT2D eigenvalue weighted by molar-refractivity contribution is 7.89. The molecule has 3 aliphatic rings. The lowest BCUT2D eigenvalue weighted by Crippen LogP contribution is -2.56. The SMILES string of the molecule is COCCCCC1(CNC(=O)[C@H]2C[C@@H](NS(=O)(=O)c3ccc(C=O)cc3)CN(C(=O)OCC3c4ccccc4-c4ccccc43)C2)c2ccccc2Oc2ccccc21. The van der Waals surface area contributed by atoms with Crippen LogP contribution in [0.2, 0.25) is 0 Å². The average Bonchev–Trinajstić information content (AvgIpc) is 3.59. The molecule has 0 spiro atoms. The van der Waals surface area contributed by atoms with Gasteiger partial charge in [0.2, 0.25) is 15.9 Å². The molecule has 5 aromatic rings. The molecule has 12 heteroatoms. The van der Waals surface area contributed by atoms with Crippen LogP contribution in [0.5, 0.6) is 11.5 Å². The van der Waals surface area contributed by atoms with Crippen LogP contribution in [0.25, 0.3) is 11.1 Å². The number of nitrogens with zero attached hydrogens (tertiary/aromatic N) is 1. The number of para-hydroxylation sites is 2. The second-order valence-corrected chi connectivity index (χ2v) is 17.2. The fourth-order valence-corrected chi connectivity index (χ4v) is 10.2. The number of fused-ring (bicyclic) bond motifs is 5. The van der Waals surface area contributed by atoms with E-state index in [1.165, 1.54) is 29.2 Å². The van der Waals surface area contributed by atoms with E-state index in [9.17, 15) is 22.8 Å². The zero-order chi connectivity index (χ0) is 41.0. The molecule has 0 aromatic heterocycles. The van der Waals surface area contributed by atoms with Crippen molar-refractivity contribution in [3.05, 3.63) is 149 Å². The van der Waals surface area contributed by atoms with E-state index in [-0.39, 0.29) is 49.4 Å². The van der Waals surface area contributed by atoms with Crippen LogP contribution < -0.4 is 14.8 Å². The smallest absolute Gasteiger partial charge is 0.409 e. The maximum atomic E-state index is 14.5. The maximum Gasteiger partial charge on any atom is 0.409 e. The third-order valence-corrected chi connectivity index (χ3v) is 13.4. The van der Waals surface area contributed by atoms with Gasteiger partial charge in [-0.15, -0.1) is 0 Å². The van der Waals surface area contributed by atoms with Gasteiger partial charge < -0.3 is 24.4 Å². The normalized spacial score (nSPS) is 17.7. The van der Waals surface area contributed by atoms with Crippen molar-refractivity contribution in [1.82, 2.24) is 14.9 Å². The van der Waals surface area contributed by atoms with Crippen LogP contribution in [0, 0.1) is 5.92 Å². The third-order valence-electron chi connectivity index (χ3n) is 11.9. The van der Waals surface area contributed by atoms with Crippen LogP contribution in [0.1, 0.15) is 64.2 Å². The number of likely N-dealkylation sites (tertiary alicyclic amines) is 1. The number of rotatable bonds is 14. The van der Waals surface area contributed by atoms with E-state index in [0.717, 1.165) is 57.7 Å². The highest BCUT2D eigenvalue weighted by Gasteiger charge is 2.43. The zero-order valence-corrected chi connectivity index (χ0v) is 33.7. The minimum atomic E-state index is -4.10. The summed E-state index contributed by atoms with van der Waals surface area (Å²) in [7, 11) is -2.41. The number of piperidine rings is 1. The molecule has 2 atom stereocenters. The van der Waals surface area contributed by atoms with Crippen molar-refractivity contribution in [1.29, 1.82) is 0 Å². The van der Waals surface area contributed by atoms with Gasteiger partial charge in [0.25, 0.3) is 0 Å². The molecular weight excluding hydrogens is 767 g/mol. The van der Waals surface area contributed by atoms with Crippen LogP contribution in [-0.4, -0.2) is 77.6 Å². The first-order chi connectivity index (χ1) is 28.7. The van der Waals surface area contributed by atoms with Gasteiger partial charge >= 0.3 is 6.09 Å². The molecule has 0 saturated carbocycles. The largest absolute Gasteiger partial charge is 0.457 e. The number of carbonyl (C=O) groups is 3. The maximum absolute atomic E-state index is 14.5. The predicted octanol–water partition coefficient (Wildman–Crippen LogP) is 7.44. The molecule has 2 aliphatic heterocycles. The summed E-state index contributed by atoms with van der Waals surface area (Å²) in [6.07, 6.45) is 2.50. The van der Waals surface area contributed by atoms with Gasteiger partial charge in [-0.05, 0) is 72.2 Å². The first-order valence-corrected chi connectivity index (χ1v) is 21.5. The van der Waals surface area contributed by atoms with Gasteiger partial charge in [0.05, 0.1) is 10.8 Å². The Bertz CT molecular complexity index is 2360. The molecule has 8 rings (SSSR count). The first kappa shape index (κ1) is 40.0. The number of nitrogens with one attached hydrogen (secondary N) is 2. The molecule has 2 amide bonds. The lowest BCUT2D eigenvalue weighted by Gasteiger charge is -2.41. The summed E-state index contributed by atoms with van der Waals surface area (Å²) >= 11 is 0. The number of unbranched alkanes of at least 4 members (excludes halogenated alkanes) is 1. The lowest BCUT2D eigenvalue weighted by atomic mass is 9.69. The monoisotopic (exact) mass is 813 g/mol. The number of methoxy groups -OCH3 is 1. The van der Waals surface area contributed by atoms with E-state index >= 15 is 0 Å². The number of aldehydes is 1. The third kappa shape index (κ3) is 8.12. The minimum absolute atomic E-state index is 0.00632. The predicted molar refractivity (Wildman–Crippen MR) is 223 cm³/mol. The quantitative estimate of drug-likeness (QED) is 0.0872. The average molecular weight is 814 g/mol. The number of amides is 2. The minimum Gasteiger partial charge on any atom is -0.457 e. The first-order valence-electron chi connectivity index (χ1n) is 20.0. The van der Waals surface area contributed by atoms with E-state index in [1.54, 1.807) is 7.11 Å². The molecule has 2 heterocycles. The van der Waals surface area contributed by atoms with Crippen LogP contribution in [0.4, 0.5) is 4.79 Å². The van der Waals surface area contributed by atoms with Crippen molar-refractivity contribution >= 4 is 28.3 Å². The topological polar surface area (TPSA) is 140 Å². The standard InChI is InChI=1S/C47H47N3O8S/c1-56-25-11-10-24-47(41-16-6-8-18-43(41)58-44-19-9-7-17-42(44)47)31-48-45(52)33-26-34(49-59(54,55)35-22-20-32(29-51)21-23-35)28-50(27-33)46(53)57-30-40-38-14-4-2-12-36(38)37-13-3-5-15-39(37)40/h2-9,12-23,29,33-34,40,49H,10-11,24-28,30-31H2,1H3,(H,48,52)/t33-,34+/m0/s1. The van der Waals surface area contributed by atoms with Crippen molar-refractivity contribution in [2.24, 2.45) is 5.92 Å². The van der Waals surface area contributed by atoms with Crippen molar-refractivity contribution < 1.29 is 37.0 Å². The molecule has 0 radical (unpaired) electrons. The van der Waals surface area contributed by atoms with Crippen molar-refractivity contribution in [3.8, 4) is 22.6 Å². The Morgan fingerprint density at radius 1 is 0.814 bits per heavy atom. The molecule has 0 bridgehead atoms. The summed E-state index contributed by atoms with van der Waals surface area (Å²) in [4.78, 5) is 41.2. The number of hydrogen-bond donors (Lipinski definition) is 2. The molecule has 0 unspecified atom stereocenters. The Labute approximate surface area is 344 Å². The fraction of sp³-hybridized carbons (Fsp3) is 0.298. The molecule has 1 fully saturated rings. The number of benzene rings is 5. The van der Waals surface area contributed by atoms with Crippen LogP contribution in [0.3, 0.4) is 0 Å². The van der Waals surface area contributed by atoms with E-state index in [1.807, 2.05) is 84.9 Å². The summed E-state index contributed by atoms with van der Waals surface area (Å²) in [6, 6.07) is 36.7. The van der Waals surface area contributed by atoms with Crippen LogP contribution >= 0.6 is 0 Å². The summed E-state index contributed by atoms with van der Waals surface area (Å²) in [5.74, 6) is 0.191. The Morgan fingerprint density at radius 2 is 1.42 bits per heavy atom. The van der Waals surface area contributed by atoms with Crippen LogP contribution in [0.15, 0.2) is 126 Å². The number of ether oxygens (including phenoxy) is 3. The number of hydrogen-bond acceptors (Lipinski definition) is 8. The molecule has 1 aliphatic carbocycles. The fourth-order valence-electron chi connectivity index (χ4n) is 8.99. The molecular formula is C47H47N3O8S. The Morgan fingerprint density at radius 3 is 2.05 bits per heavy atom. The van der Waals surface area contributed by atoms with Crippen LogP contribution in [-0.2, 0) is 29.7 Å². The number of carbonyl (C=O) groups excluding carboxylic acids is 3. The summed E-state index contributed by atoms with van der Waals surface area (Å²) in [6.45, 7) is 0.956. The van der Waals surface area contributed by atoms with Crippen molar-refractivity contribution in [3.63, 3.8) is 0 Å².